The third kappa shape index (κ3) is 5.37. The Morgan fingerprint density at radius 2 is 2.05 bits per heavy atom. The lowest BCUT2D eigenvalue weighted by Gasteiger charge is -2.19. The molecule has 22 heavy (non-hydrogen) atoms. The largest absolute Gasteiger partial charge is 0.375 e. The summed E-state index contributed by atoms with van der Waals surface area (Å²) in [5.74, 6) is 0. The molecule has 0 radical (unpaired) electrons. The maximum Gasteiger partial charge on any atom is 0.315 e. The average Bonchev–Trinajstić information content (AvgIpc) is 2.96. The van der Waals surface area contributed by atoms with Crippen LogP contribution in [-0.4, -0.2) is 31.2 Å². The van der Waals surface area contributed by atoms with Crippen molar-refractivity contribution < 1.29 is 4.79 Å². The Kier molecular flexibility index (Phi) is 6.21. The first-order chi connectivity index (χ1) is 10.6. The van der Waals surface area contributed by atoms with E-state index in [0.29, 0.717) is 13.1 Å². The number of hydrogen-bond acceptors (Lipinski definition) is 4. The van der Waals surface area contributed by atoms with Gasteiger partial charge in [0, 0.05) is 36.9 Å². The van der Waals surface area contributed by atoms with Crippen LogP contribution in [0.3, 0.4) is 0 Å². The predicted molar refractivity (Wildman–Crippen MR) is 91.4 cm³/mol. The van der Waals surface area contributed by atoms with Crippen molar-refractivity contribution in [3.05, 3.63) is 46.4 Å². The number of rotatable bonds is 7. The second-order valence-electron chi connectivity index (χ2n) is 5.07. The third-order valence-electron chi connectivity index (χ3n) is 3.25. The van der Waals surface area contributed by atoms with Crippen molar-refractivity contribution in [3.63, 3.8) is 0 Å². The molecule has 0 saturated heterocycles. The fraction of sp³-hybridized carbons (Fsp3) is 0.375. The van der Waals surface area contributed by atoms with E-state index in [1.165, 1.54) is 5.69 Å². The summed E-state index contributed by atoms with van der Waals surface area (Å²) in [4.78, 5) is 19.1. The maximum absolute atomic E-state index is 11.7. The molecule has 1 aromatic heterocycles. The Labute approximate surface area is 135 Å². The van der Waals surface area contributed by atoms with Crippen molar-refractivity contribution in [2.45, 2.75) is 19.9 Å². The van der Waals surface area contributed by atoms with E-state index in [2.05, 4.69) is 39.7 Å². The molecule has 5 nitrogen and oxygen atoms in total. The summed E-state index contributed by atoms with van der Waals surface area (Å²) in [6, 6.07) is 10.1. The molecule has 0 atom stereocenters. The predicted octanol–water partition coefficient (Wildman–Crippen LogP) is 2.78. The first kappa shape index (κ1) is 16.3. The number of hydrogen-bond donors (Lipinski definition) is 2. The number of nitrogens with one attached hydrogen (secondary N) is 2. The molecule has 2 rings (SSSR count). The summed E-state index contributed by atoms with van der Waals surface area (Å²) in [6.07, 6.45) is 2.70. The Balaban J connectivity index is 1.59. The quantitative estimate of drug-likeness (QED) is 0.772. The molecule has 2 aromatic rings. The Hall–Kier alpha value is -2.08. The fourth-order valence-electron chi connectivity index (χ4n) is 2.05. The average molecular weight is 318 g/mol. The van der Waals surface area contributed by atoms with Crippen LogP contribution in [0.4, 0.5) is 10.5 Å². The van der Waals surface area contributed by atoms with Crippen molar-refractivity contribution in [2.75, 3.05) is 25.0 Å². The molecular weight excluding hydrogens is 296 g/mol. The van der Waals surface area contributed by atoms with E-state index in [4.69, 9.17) is 0 Å². The van der Waals surface area contributed by atoms with Crippen LogP contribution >= 0.6 is 11.3 Å². The summed E-state index contributed by atoms with van der Waals surface area (Å²) in [6.45, 7) is 4.04. The second kappa shape index (κ2) is 8.38. The van der Waals surface area contributed by atoms with Gasteiger partial charge in [-0.25, -0.2) is 9.78 Å². The number of anilines is 1. The molecule has 0 fully saturated rings. The van der Waals surface area contributed by atoms with E-state index < -0.39 is 0 Å². The zero-order valence-corrected chi connectivity index (χ0v) is 13.8. The minimum atomic E-state index is -0.131. The van der Waals surface area contributed by atoms with Crippen LogP contribution in [0.15, 0.2) is 36.5 Å². The van der Waals surface area contributed by atoms with E-state index in [0.717, 1.165) is 22.9 Å². The zero-order valence-electron chi connectivity index (χ0n) is 13.0. The van der Waals surface area contributed by atoms with Crippen LogP contribution in [-0.2, 0) is 6.54 Å². The number of urea groups is 1. The number of carbonyl (C=O) groups excluding carboxylic acids is 1. The summed E-state index contributed by atoms with van der Waals surface area (Å²) >= 11 is 1.60. The van der Waals surface area contributed by atoms with Crippen molar-refractivity contribution in [1.82, 2.24) is 15.6 Å². The van der Waals surface area contributed by atoms with Crippen molar-refractivity contribution in [3.8, 4) is 0 Å². The molecule has 0 aliphatic carbocycles. The van der Waals surface area contributed by atoms with Crippen LogP contribution in [0.25, 0.3) is 0 Å². The number of aromatic nitrogens is 1. The van der Waals surface area contributed by atoms with Gasteiger partial charge in [-0.2, -0.15) is 0 Å². The SMILES string of the molecule is Cc1ncc(CNC(=O)NCCCN(C)c2ccccc2)s1. The van der Waals surface area contributed by atoms with Gasteiger partial charge in [0.05, 0.1) is 11.6 Å². The van der Waals surface area contributed by atoms with Gasteiger partial charge in [-0.15, -0.1) is 11.3 Å². The van der Waals surface area contributed by atoms with Crippen LogP contribution in [0.5, 0.6) is 0 Å². The molecule has 2 N–H and O–H groups in total. The molecule has 0 aliphatic rings. The van der Waals surface area contributed by atoms with Gasteiger partial charge in [-0.1, -0.05) is 18.2 Å². The van der Waals surface area contributed by atoms with Crippen molar-refractivity contribution in [2.24, 2.45) is 0 Å². The number of nitrogens with zero attached hydrogens (tertiary/aromatic N) is 2. The van der Waals surface area contributed by atoms with E-state index >= 15 is 0 Å². The molecule has 0 aliphatic heterocycles. The Bertz CT molecular complexity index is 585. The van der Waals surface area contributed by atoms with E-state index in [1.807, 2.05) is 25.1 Å². The Morgan fingerprint density at radius 1 is 1.27 bits per heavy atom. The summed E-state index contributed by atoms with van der Waals surface area (Å²) in [5, 5.41) is 6.73. The number of carbonyl (C=O) groups is 1. The zero-order chi connectivity index (χ0) is 15.8. The number of thiazole rings is 1. The Morgan fingerprint density at radius 3 is 2.73 bits per heavy atom. The lowest BCUT2D eigenvalue weighted by atomic mass is 10.3. The van der Waals surface area contributed by atoms with Gasteiger partial charge in [0.25, 0.3) is 0 Å². The van der Waals surface area contributed by atoms with Crippen LogP contribution in [0.1, 0.15) is 16.3 Å². The molecule has 1 heterocycles. The molecule has 1 aromatic carbocycles. The highest BCUT2D eigenvalue weighted by Crippen LogP contribution is 2.11. The minimum absolute atomic E-state index is 0.131. The van der Waals surface area contributed by atoms with E-state index in [-0.39, 0.29) is 6.03 Å². The highest BCUT2D eigenvalue weighted by molar-refractivity contribution is 7.11. The van der Waals surface area contributed by atoms with E-state index in [1.54, 1.807) is 17.5 Å². The van der Waals surface area contributed by atoms with Gasteiger partial charge in [0.15, 0.2) is 0 Å². The molecule has 0 spiro atoms. The van der Waals surface area contributed by atoms with Gasteiger partial charge in [0.1, 0.15) is 0 Å². The fourth-order valence-corrected chi connectivity index (χ4v) is 2.78. The maximum atomic E-state index is 11.7. The summed E-state index contributed by atoms with van der Waals surface area (Å²) in [7, 11) is 2.06. The highest BCUT2D eigenvalue weighted by Gasteiger charge is 2.03. The van der Waals surface area contributed by atoms with Gasteiger partial charge in [-0.3, -0.25) is 0 Å². The normalized spacial score (nSPS) is 10.3. The minimum Gasteiger partial charge on any atom is -0.375 e. The first-order valence-electron chi connectivity index (χ1n) is 7.34. The highest BCUT2D eigenvalue weighted by atomic mass is 32.1. The second-order valence-corrected chi connectivity index (χ2v) is 6.39. The van der Waals surface area contributed by atoms with Crippen molar-refractivity contribution in [1.29, 1.82) is 0 Å². The van der Waals surface area contributed by atoms with Gasteiger partial charge in [0.2, 0.25) is 0 Å². The van der Waals surface area contributed by atoms with Crippen LogP contribution in [0.2, 0.25) is 0 Å². The smallest absolute Gasteiger partial charge is 0.315 e. The lowest BCUT2D eigenvalue weighted by molar-refractivity contribution is 0.240. The summed E-state index contributed by atoms with van der Waals surface area (Å²) < 4.78 is 0. The van der Waals surface area contributed by atoms with Gasteiger partial charge >= 0.3 is 6.03 Å². The lowest BCUT2D eigenvalue weighted by Crippen LogP contribution is -2.36. The van der Waals surface area contributed by atoms with Crippen LogP contribution in [0, 0.1) is 6.92 Å². The summed E-state index contributed by atoms with van der Waals surface area (Å²) in [5.41, 5.74) is 1.19. The molecule has 0 unspecified atom stereocenters. The van der Waals surface area contributed by atoms with E-state index in [9.17, 15) is 4.79 Å². The molecule has 6 heteroatoms. The van der Waals surface area contributed by atoms with Gasteiger partial charge < -0.3 is 15.5 Å². The molecule has 0 bridgehead atoms. The number of amides is 2. The number of para-hydroxylation sites is 1. The number of aryl methyl sites for hydroxylation is 1. The van der Waals surface area contributed by atoms with Gasteiger partial charge in [-0.05, 0) is 25.5 Å². The number of benzene rings is 1. The molecule has 0 saturated carbocycles. The molecule has 118 valence electrons. The molecule has 2 amide bonds. The van der Waals surface area contributed by atoms with Crippen LogP contribution < -0.4 is 15.5 Å². The monoisotopic (exact) mass is 318 g/mol. The van der Waals surface area contributed by atoms with Crippen molar-refractivity contribution >= 4 is 23.1 Å². The molecular formula is C16H22N4OS. The first-order valence-corrected chi connectivity index (χ1v) is 8.16. The standard InChI is InChI=1S/C16H22N4OS/c1-13-18-11-15(22-13)12-19-16(21)17-9-6-10-20(2)14-7-4-3-5-8-14/h3-5,7-8,11H,6,9-10,12H2,1-2H3,(H2,17,19,21). The topological polar surface area (TPSA) is 57.3 Å². The third-order valence-corrected chi connectivity index (χ3v) is 4.16.